The molecular formula is C17H16BrN2OS+. The van der Waals surface area contributed by atoms with Crippen molar-refractivity contribution in [3.05, 3.63) is 71.5 Å². The maximum absolute atomic E-state index is 13.0. The van der Waals surface area contributed by atoms with E-state index in [0.717, 1.165) is 16.9 Å². The molecule has 3 rings (SSSR count). The van der Waals surface area contributed by atoms with Crippen LogP contribution in [0.25, 0.3) is 5.70 Å². The molecule has 112 valence electrons. The topological polar surface area (TPSA) is 33.0 Å². The molecule has 2 heterocycles. The second-order valence-electron chi connectivity index (χ2n) is 4.93. The van der Waals surface area contributed by atoms with Crippen LogP contribution in [-0.2, 0) is 0 Å². The van der Waals surface area contributed by atoms with Crippen LogP contribution in [0.5, 0.6) is 0 Å². The molecule has 0 spiro atoms. The second kappa shape index (κ2) is 7.11. The van der Waals surface area contributed by atoms with Crippen molar-refractivity contribution in [3.63, 3.8) is 0 Å². The molecule has 5 heteroatoms. The molecule has 0 aliphatic carbocycles. The predicted octanol–water partition coefficient (Wildman–Crippen LogP) is 3.08. The number of Topliss-reactive ketones (excluding diaryl/α,β-unsaturated/α-hetero) is 1. The minimum atomic E-state index is 0.0297. The average Bonchev–Trinajstić information content (AvgIpc) is 3.05. The summed E-state index contributed by atoms with van der Waals surface area (Å²) in [6, 6.07) is 15.2. The molecule has 1 aliphatic rings. The molecule has 1 fully saturated rings. The van der Waals surface area contributed by atoms with Crippen molar-refractivity contribution in [3.8, 4) is 0 Å². The maximum Gasteiger partial charge on any atom is 0.289 e. The largest absolute Gasteiger partial charge is 0.373 e. The van der Waals surface area contributed by atoms with E-state index in [4.69, 9.17) is 0 Å². The Balaban J connectivity index is 2.05. The van der Waals surface area contributed by atoms with Crippen LogP contribution in [0.4, 0.5) is 0 Å². The number of alkyl halides is 1. The Morgan fingerprint density at radius 2 is 1.86 bits per heavy atom. The number of hydrogen-bond donors (Lipinski definition) is 1. The molecule has 1 aliphatic heterocycles. The summed E-state index contributed by atoms with van der Waals surface area (Å²) in [5.41, 5.74) is 1.38. The van der Waals surface area contributed by atoms with Crippen LogP contribution in [0.3, 0.4) is 0 Å². The van der Waals surface area contributed by atoms with Crippen molar-refractivity contribution in [1.29, 1.82) is 0 Å². The normalized spacial score (nSPS) is 19.6. The number of benzene rings is 1. The molecule has 0 radical (unpaired) electrons. The second-order valence-corrected chi connectivity index (χ2v) is 6.89. The van der Waals surface area contributed by atoms with Gasteiger partial charge in [0.25, 0.3) is 11.5 Å². The molecule has 1 aromatic heterocycles. The maximum atomic E-state index is 13.0. The quantitative estimate of drug-likeness (QED) is 0.385. The molecule has 0 amide bonds. The first-order valence-corrected chi connectivity index (χ1v) is 9.07. The zero-order valence-electron chi connectivity index (χ0n) is 11.9. The van der Waals surface area contributed by atoms with Crippen molar-refractivity contribution < 1.29 is 9.36 Å². The van der Waals surface area contributed by atoms with Gasteiger partial charge in [0.05, 0.1) is 0 Å². The highest BCUT2D eigenvalue weighted by molar-refractivity contribution is 9.09. The number of hydrogen-bond acceptors (Lipinski definition) is 3. The number of rotatable bonds is 4. The first-order valence-electron chi connectivity index (χ1n) is 7.07. The van der Waals surface area contributed by atoms with Crippen molar-refractivity contribution >= 4 is 39.2 Å². The van der Waals surface area contributed by atoms with E-state index in [1.165, 1.54) is 0 Å². The smallest absolute Gasteiger partial charge is 0.289 e. The van der Waals surface area contributed by atoms with E-state index in [2.05, 4.69) is 21.2 Å². The van der Waals surface area contributed by atoms with Gasteiger partial charge in [-0.3, -0.25) is 4.79 Å². The first-order chi connectivity index (χ1) is 10.8. The molecule has 1 N–H and O–H groups in total. The van der Waals surface area contributed by atoms with Gasteiger partial charge >= 0.3 is 0 Å². The number of carbonyl (C=O) groups excluding carboxylic acids is 1. The SMILES string of the molecule is O=C(C(=C1NCC(CBr)S1)[n+]1ccccc1)c1ccccc1. The fourth-order valence-electron chi connectivity index (χ4n) is 2.29. The lowest BCUT2D eigenvalue weighted by Crippen LogP contribution is -2.37. The van der Waals surface area contributed by atoms with E-state index in [9.17, 15) is 4.79 Å². The Morgan fingerprint density at radius 1 is 1.18 bits per heavy atom. The Morgan fingerprint density at radius 3 is 2.50 bits per heavy atom. The van der Waals surface area contributed by atoms with Crippen molar-refractivity contribution in [2.75, 3.05) is 11.9 Å². The van der Waals surface area contributed by atoms with Gasteiger partial charge in [-0.05, 0) is 0 Å². The molecule has 1 unspecified atom stereocenters. The number of pyridine rings is 1. The summed E-state index contributed by atoms with van der Waals surface area (Å²) < 4.78 is 1.89. The van der Waals surface area contributed by atoms with Crippen LogP contribution in [0.1, 0.15) is 10.4 Å². The Kier molecular flexibility index (Phi) is 4.95. The molecule has 0 saturated carbocycles. The van der Waals surface area contributed by atoms with E-state index in [1.54, 1.807) is 11.8 Å². The van der Waals surface area contributed by atoms with Gasteiger partial charge in [-0.25, -0.2) is 0 Å². The zero-order chi connectivity index (χ0) is 15.4. The Hall–Kier alpha value is -1.59. The van der Waals surface area contributed by atoms with Crippen molar-refractivity contribution in [1.82, 2.24) is 5.32 Å². The fraction of sp³-hybridized carbons (Fsp3) is 0.176. The summed E-state index contributed by atoms with van der Waals surface area (Å²) in [6.45, 7) is 0.865. The van der Waals surface area contributed by atoms with Gasteiger partial charge in [-0.1, -0.05) is 64.1 Å². The summed E-state index contributed by atoms with van der Waals surface area (Å²) in [5.74, 6) is 0.0297. The monoisotopic (exact) mass is 375 g/mol. The third kappa shape index (κ3) is 3.25. The zero-order valence-corrected chi connectivity index (χ0v) is 14.3. The van der Waals surface area contributed by atoms with Crippen LogP contribution in [-0.4, -0.2) is 22.9 Å². The van der Waals surface area contributed by atoms with E-state index in [0.29, 0.717) is 16.5 Å². The van der Waals surface area contributed by atoms with Gasteiger partial charge in [0.1, 0.15) is 5.03 Å². The van der Waals surface area contributed by atoms with E-state index in [-0.39, 0.29) is 5.78 Å². The van der Waals surface area contributed by atoms with E-state index < -0.39 is 0 Å². The van der Waals surface area contributed by atoms with E-state index >= 15 is 0 Å². The van der Waals surface area contributed by atoms with Crippen LogP contribution < -0.4 is 9.88 Å². The highest BCUT2D eigenvalue weighted by Crippen LogP contribution is 2.30. The van der Waals surface area contributed by atoms with E-state index in [1.807, 2.05) is 65.5 Å². The Labute approximate surface area is 142 Å². The number of ketones is 1. The third-order valence-electron chi connectivity index (χ3n) is 3.39. The molecule has 0 bridgehead atoms. The molecular weight excluding hydrogens is 360 g/mol. The van der Waals surface area contributed by atoms with Crippen molar-refractivity contribution in [2.24, 2.45) is 0 Å². The minimum Gasteiger partial charge on any atom is -0.373 e. The lowest BCUT2D eigenvalue weighted by atomic mass is 10.1. The van der Waals surface area contributed by atoms with Crippen LogP contribution in [0.2, 0.25) is 0 Å². The summed E-state index contributed by atoms with van der Waals surface area (Å²) >= 11 is 5.23. The summed E-state index contributed by atoms with van der Waals surface area (Å²) in [6.07, 6.45) is 3.82. The summed E-state index contributed by atoms with van der Waals surface area (Å²) in [7, 11) is 0. The molecule has 1 aromatic carbocycles. The van der Waals surface area contributed by atoms with Gasteiger partial charge in [0.2, 0.25) is 0 Å². The van der Waals surface area contributed by atoms with Crippen LogP contribution in [0.15, 0.2) is 66.0 Å². The number of halogens is 1. The number of aromatic nitrogens is 1. The van der Waals surface area contributed by atoms with Gasteiger partial charge in [-0.2, -0.15) is 4.57 Å². The summed E-state index contributed by atoms with van der Waals surface area (Å²) in [4.78, 5) is 13.0. The minimum absolute atomic E-state index is 0.0297. The van der Waals surface area contributed by atoms with Gasteiger partial charge in [0.15, 0.2) is 12.4 Å². The lowest BCUT2D eigenvalue weighted by molar-refractivity contribution is -0.577. The standard InChI is InChI=1S/C17H15BrN2OS/c18-11-14-12-19-17(22-14)15(20-9-5-2-6-10-20)16(21)13-7-3-1-4-8-13/h1-10,14H,11-12H2/p+1. The molecule has 2 aromatic rings. The molecule has 1 saturated heterocycles. The van der Waals surface area contributed by atoms with Gasteiger partial charge in [-0.15, -0.1) is 0 Å². The highest BCUT2D eigenvalue weighted by Gasteiger charge is 2.31. The van der Waals surface area contributed by atoms with Gasteiger partial charge < -0.3 is 5.32 Å². The van der Waals surface area contributed by atoms with Crippen LogP contribution >= 0.6 is 27.7 Å². The summed E-state index contributed by atoms with van der Waals surface area (Å²) in [5, 5.41) is 5.66. The van der Waals surface area contributed by atoms with Gasteiger partial charge in [0, 0.05) is 34.8 Å². The fourth-order valence-corrected chi connectivity index (χ4v) is 3.96. The molecule has 3 nitrogen and oxygen atoms in total. The number of carbonyl (C=O) groups is 1. The van der Waals surface area contributed by atoms with Crippen molar-refractivity contribution in [2.45, 2.75) is 5.25 Å². The number of nitrogens with one attached hydrogen (secondary N) is 1. The third-order valence-corrected chi connectivity index (χ3v) is 5.84. The molecule has 1 atom stereocenters. The molecule has 22 heavy (non-hydrogen) atoms. The van der Waals surface area contributed by atoms with Crippen LogP contribution in [0, 0.1) is 0 Å². The number of thioether (sulfide) groups is 1. The highest BCUT2D eigenvalue weighted by atomic mass is 79.9. The Bertz CT molecular complexity index is 688. The average molecular weight is 376 g/mol. The number of allylic oxidation sites excluding steroid dienone is 1. The number of nitrogens with zero attached hydrogens (tertiary/aromatic N) is 1. The first kappa shape index (κ1) is 15.3. The predicted molar refractivity (Wildman–Crippen MR) is 93.8 cm³/mol. The lowest BCUT2D eigenvalue weighted by Gasteiger charge is -2.05.